The van der Waals surface area contributed by atoms with Crippen LogP contribution in [0.4, 0.5) is 0 Å². The third-order valence-corrected chi connectivity index (χ3v) is 2.47. The molecule has 0 radical (unpaired) electrons. The molecular weight excluding hydrogens is 194 g/mol. The molecule has 1 unspecified atom stereocenters. The van der Waals surface area contributed by atoms with Gasteiger partial charge in [-0.2, -0.15) is 0 Å². The van der Waals surface area contributed by atoms with Crippen LogP contribution in [-0.2, 0) is 5.21 Å². The van der Waals surface area contributed by atoms with Crippen molar-refractivity contribution in [2.45, 2.75) is 5.21 Å². The van der Waals surface area contributed by atoms with Crippen LogP contribution in [0.3, 0.4) is 0 Å². The van der Waals surface area contributed by atoms with Crippen molar-refractivity contribution < 1.29 is 0 Å². The molecule has 2 heteroatoms. The minimum atomic E-state index is 0.891. The van der Waals surface area contributed by atoms with E-state index in [1.54, 1.807) is 16.9 Å². The van der Waals surface area contributed by atoms with E-state index in [9.17, 15) is 0 Å². The monoisotopic (exact) mass is 202 g/mol. The summed E-state index contributed by atoms with van der Waals surface area (Å²) >= 11 is 7.52. The van der Waals surface area contributed by atoms with Crippen molar-refractivity contribution in [1.29, 1.82) is 0 Å². The molecule has 0 aliphatic carbocycles. The zero-order chi connectivity index (χ0) is 6.69. The zero-order valence-corrected chi connectivity index (χ0v) is 8.15. The van der Waals surface area contributed by atoms with Crippen LogP contribution in [0.25, 0.3) is 0 Å². The summed E-state index contributed by atoms with van der Waals surface area (Å²) in [4.78, 5) is 0. The Morgan fingerprint density at radius 2 is 2.00 bits per heavy atom. The van der Waals surface area contributed by atoms with Crippen molar-refractivity contribution in [1.82, 2.24) is 0 Å². The molecule has 0 N–H and O–H groups in total. The predicted molar refractivity (Wildman–Crippen MR) is 43.7 cm³/mol. The van der Waals surface area contributed by atoms with E-state index in [0.717, 1.165) is 10.2 Å². The Balaban J connectivity index is 3.01. The fourth-order valence-electron chi connectivity index (χ4n) is 0.664. The van der Waals surface area contributed by atoms with Crippen molar-refractivity contribution in [3.63, 3.8) is 0 Å². The fourth-order valence-corrected chi connectivity index (χ4v) is 1.90. The molecule has 0 saturated heterocycles. The molecule has 0 spiro atoms. The van der Waals surface area contributed by atoms with E-state index in [2.05, 4.69) is 6.07 Å². The molecule has 1 aromatic carbocycles. The van der Waals surface area contributed by atoms with Crippen LogP contribution < -0.4 is 0 Å². The van der Waals surface area contributed by atoms with Crippen LogP contribution in [0.15, 0.2) is 24.3 Å². The van der Waals surface area contributed by atoms with Gasteiger partial charge in [0.05, 0.1) is 0 Å². The summed E-state index contributed by atoms with van der Waals surface area (Å²) in [6, 6.07) is 7.95. The van der Waals surface area contributed by atoms with Gasteiger partial charge in [-0.05, 0) is 0 Å². The SMILES string of the molecule is Clc1ccccc1C[AsH2]. The standard InChI is InChI=1S/C7H8AsCl/c8-5-6-3-1-2-4-7(6)9/h1-4H,5,8H2. The van der Waals surface area contributed by atoms with E-state index in [4.69, 9.17) is 11.6 Å². The van der Waals surface area contributed by atoms with Gasteiger partial charge in [-0.1, -0.05) is 0 Å². The van der Waals surface area contributed by atoms with E-state index in [1.165, 1.54) is 5.56 Å². The van der Waals surface area contributed by atoms with Crippen LogP contribution in [0.2, 0.25) is 5.02 Å². The van der Waals surface area contributed by atoms with Crippen molar-refractivity contribution in [2.75, 3.05) is 0 Å². The van der Waals surface area contributed by atoms with Gasteiger partial charge in [0.1, 0.15) is 0 Å². The molecule has 1 rings (SSSR count). The van der Waals surface area contributed by atoms with E-state index < -0.39 is 0 Å². The maximum atomic E-state index is 5.83. The third-order valence-electron chi connectivity index (χ3n) is 1.18. The van der Waals surface area contributed by atoms with Crippen LogP contribution in [0, 0.1) is 0 Å². The zero-order valence-electron chi connectivity index (χ0n) is 4.97. The van der Waals surface area contributed by atoms with Gasteiger partial charge in [-0.25, -0.2) is 0 Å². The van der Waals surface area contributed by atoms with Gasteiger partial charge in [0.25, 0.3) is 0 Å². The molecule has 9 heavy (non-hydrogen) atoms. The molecule has 0 aromatic heterocycles. The van der Waals surface area contributed by atoms with Crippen LogP contribution in [0.1, 0.15) is 5.56 Å². The number of benzene rings is 1. The Hall–Kier alpha value is 0.0684. The third kappa shape index (κ3) is 1.74. The minimum absolute atomic E-state index is 0.891. The summed E-state index contributed by atoms with van der Waals surface area (Å²) in [6.07, 6.45) is 0. The molecule has 0 amide bonds. The predicted octanol–water partition coefficient (Wildman–Crippen LogP) is 1.47. The van der Waals surface area contributed by atoms with Gasteiger partial charge in [-0.3, -0.25) is 0 Å². The number of hydrogen-bond donors (Lipinski definition) is 0. The van der Waals surface area contributed by atoms with Crippen molar-refractivity contribution in [3.05, 3.63) is 34.9 Å². The molecule has 0 heterocycles. The number of halogens is 1. The van der Waals surface area contributed by atoms with Crippen LogP contribution >= 0.6 is 11.6 Å². The van der Waals surface area contributed by atoms with E-state index in [0.29, 0.717) is 0 Å². The van der Waals surface area contributed by atoms with Gasteiger partial charge >= 0.3 is 68.5 Å². The topological polar surface area (TPSA) is 0 Å². The van der Waals surface area contributed by atoms with E-state index in [-0.39, 0.29) is 0 Å². The normalized spacial score (nSPS) is 9.56. The Morgan fingerprint density at radius 1 is 1.33 bits per heavy atom. The summed E-state index contributed by atoms with van der Waals surface area (Å²) in [5, 5.41) is 1.97. The van der Waals surface area contributed by atoms with Gasteiger partial charge in [-0.15, -0.1) is 0 Å². The summed E-state index contributed by atoms with van der Waals surface area (Å²) in [5.74, 6) is 0. The van der Waals surface area contributed by atoms with E-state index >= 15 is 0 Å². The Morgan fingerprint density at radius 3 is 2.44 bits per heavy atom. The average molecular weight is 203 g/mol. The van der Waals surface area contributed by atoms with Crippen molar-refractivity contribution >= 4 is 28.5 Å². The number of hydrogen-bond acceptors (Lipinski definition) is 0. The fraction of sp³-hybridized carbons (Fsp3) is 0.143. The first kappa shape index (κ1) is 7.18. The molecule has 0 nitrogen and oxygen atoms in total. The molecule has 0 aliphatic heterocycles. The second-order valence-corrected chi connectivity index (χ2v) is 3.06. The molecule has 0 saturated carbocycles. The van der Waals surface area contributed by atoms with E-state index in [1.807, 2.05) is 18.2 Å². The quantitative estimate of drug-likeness (QED) is 0.605. The molecule has 0 fully saturated rings. The second kappa shape index (κ2) is 3.29. The molecule has 1 atom stereocenters. The average Bonchev–Trinajstić information content (AvgIpc) is 1.89. The van der Waals surface area contributed by atoms with Gasteiger partial charge in [0, 0.05) is 0 Å². The molecular formula is C7H8AsCl. The van der Waals surface area contributed by atoms with Gasteiger partial charge in [0.15, 0.2) is 0 Å². The molecule has 0 bridgehead atoms. The molecule has 0 aliphatic rings. The maximum absolute atomic E-state index is 5.83. The summed E-state index contributed by atoms with van der Waals surface area (Å²) < 4.78 is 0. The van der Waals surface area contributed by atoms with Crippen LogP contribution in [0.5, 0.6) is 0 Å². The Bertz CT molecular complexity index is 198. The summed E-state index contributed by atoms with van der Waals surface area (Å²) in [7, 11) is 0. The molecule has 1 aromatic rings. The van der Waals surface area contributed by atoms with Crippen LogP contribution in [-0.4, -0.2) is 16.9 Å². The Kier molecular flexibility index (Phi) is 2.62. The van der Waals surface area contributed by atoms with Gasteiger partial charge < -0.3 is 0 Å². The summed E-state index contributed by atoms with van der Waals surface area (Å²) in [6.45, 7) is 0. The first-order valence-electron chi connectivity index (χ1n) is 2.78. The summed E-state index contributed by atoms with van der Waals surface area (Å²) in [5.41, 5.74) is 1.25. The van der Waals surface area contributed by atoms with Crippen molar-refractivity contribution in [3.8, 4) is 0 Å². The Labute approximate surface area is 68.7 Å². The van der Waals surface area contributed by atoms with Gasteiger partial charge in [0.2, 0.25) is 0 Å². The molecule has 48 valence electrons. The first-order chi connectivity index (χ1) is 4.34. The number of rotatable bonds is 1. The van der Waals surface area contributed by atoms with Crippen molar-refractivity contribution in [2.24, 2.45) is 0 Å². The first-order valence-corrected chi connectivity index (χ1v) is 4.87. The second-order valence-electron chi connectivity index (χ2n) is 1.80.